The molecule has 2 unspecified atom stereocenters. The molecule has 0 amide bonds. The Labute approximate surface area is 147 Å². The minimum absolute atomic E-state index is 0.182. The van der Waals surface area contributed by atoms with E-state index in [9.17, 15) is 5.11 Å². The van der Waals surface area contributed by atoms with Crippen molar-refractivity contribution in [2.45, 2.75) is 44.4 Å². The van der Waals surface area contributed by atoms with Gasteiger partial charge in [-0.15, -0.1) is 11.3 Å². The lowest BCUT2D eigenvalue weighted by molar-refractivity contribution is 0.111. The number of fused-ring (bicyclic) bond motifs is 1. The Hall–Kier alpha value is -1.27. The number of rotatable bonds is 6. The number of aromatic nitrogens is 1. The van der Waals surface area contributed by atoms with Crippen LogP contribution in [-0.4, -0.2) is 34.7 Å². The quantitative estimate of drug-likeness (QED) is 0.871. The van der Waals surface area contributed by atoms with E-state index in [1.165, 1.54) is 11.1 Å². The molecular formula is C19H24N2O2S. The number of thiazole rings is 1. The smallest absolute Gasteiger partial charge is 0.122 e. The van der Waals surface area contributed by atoms with Crippen LogP contribution in [0.4, 0.5) is 0 Å². The van der Waals surface area contributed by atoms with Crippen LogP contribution in [0.15, 0.2) is 29.6 Å². The van der Waals surface area contributed by atoms with Gasteiger partial charge in [-0.2, -0.15) is 0 Å². The van der Waals surface area contributed by atoms with Gasteiger partial charge in [0.05, 0.1) is 12.3 Å². The summed E-state index contributed by atoms with van der Waals surface area (Å²) in [5.74, 6) is 0. The van der Waals surface area contributed by atoms with Gasteiger partial charge in [-0.25, -0.2) is 4.98 Å². The third-order valence-electron chi connectivity index (χ3n) is 5.07. The molecule has 1 aliphatic heterocycles. The van der Waals surface area contributed by atoms with Gasteiger partial charge in [-0.3, -0.25) is 4.90 Å². The first-order valence-electron chi connectivity index (χ1n) is 8.84. The summed E-state index contributed by atoms with van der Waals surface area (Å²) < 4.78 is 5.75. The maximum absolute atomic E-state index is 9.52. The van der Waals surface area contributed by atoms with E-state index in [4.69, 9.17) is 9.72 Å². The fourth-order valence-corrected chi connectivity index (χ4v) is 4.80. The highest BCUT2D eigenvalue weighted by atomic mass is 32.1. The first-order chi connectivity index (χ1) is 11.8. The van der Waals surface area contributed by atoms with Crippen LogP contribution >= 0.6 is 11.3 Å². The number of hydrogen-bond acceptors (Lipinski definition) is 5. The standard InChI is InChI=1S/C19H24N2O2S/c22-10-9-21(17-8-7-14-4-1-2-5-16(14)17)12-15-13-24-19(20-15)18-6-3-11-23-18/h1-2,4-5,13,17-18,22H,3,6-12H2. The molecule has 2 heterocycles. The average molecular weight is 344 g/mol. The summed E-state index contributed by atoms with van der Waals surface area (Å²) in [6.45, 7) is 2.52. The van der Waals surface area contributed by atoms with E-state index < -0.39 is 0 Å². The molecule has 0 saturated carbocycles. The molecule has 0 radical (unpaired) electrons. The van der Waals surface area contributed by atoms with E-state index in [2.05, 4.69) is 34.5 Å². The Bertz CT molecular complexity index is 682. The second-order valence-electron chi connectivity index (χ2n) is 6.63. The molecule has 5 heteroatoms. The van der Waals surface area contributed by atoms with E-state index >= 15 is 0 Å². The van der Waals surface area contributed by atoms with Crippen molar-refractivity contribution >= 4 is 11.3 Å². The van der Waals surface area contributed by atoms with Gasteiger partial charge >= 0.3 is 0 Å². The van der Waals surface area contributed by atoms with Crippen LogP contribution in [0.5, 0.6) is 0 Å². The van der Waals surface area contributed by atoms with Crippen LogP contribution in [0.25, 0.3) is 0 Å². The van der Waals surface area contributed by atoms with E-state index in [0.29, 0.717) is 12.6 Å². The summed E-state index contributed by atoms with van der Waals surface area (Å²) in [6.07, 6.45) is 4.67. The topological polar surface area (TPSA) is 45.6 Å². The van der Waals surface area contributed by atoms with Gasteiger partial charge < -0.3 is 9.84 Å². The highest BCUT2D eigenvalue weighted by molar-refractivity contribution is 7.09. The van der Waals surface area contributed by atoms with E-state index in [0.717, 1.165) is 49.5 Å². The Kier molecular flexibility index (Phi) is 4.94. The number of hydrogen-bond donors (Lipinski definition) is 1. The zero-order valence-electron chi connectivity index (χ0n) is 13.9. The summed E-state index contributed by atoms with van der Waals surface area (Å²) in [4.78, 5) is 7.19. The molecule has 2 atom stereocenters. The largest absolute Gasteiger partial charge is 0.395 e. The second kappa shape index (κ2) is 7.31. The summed E-state index contributed by atoms with van der Waals surface area (Å²) in [6, 6.07) is 9.08. The van der Waals surface area contributed by atoms with Gasteiger partial charge in [0.1, 0.15) is 11.1 Å². The number of aryl methyl sites for hydroxylation is 1. The van der Waals surface area contributed by atoms with Crippen molar-refractivity contribution in [1.29, 1.82) is 0 Å². The maximum atomic E-state index is 9.52. The SMILES string of the molecule is OCCN(Cc1csc(C2CCCO2)n1)C1CCc2ccccc21. The molecule has 128 valence electrons. The monoisotopic (exact) mass is 344 g/mol. The van der Waals surface area contributed by atoms with Crippen molar-refractivity contribution < 1.29 is 9.84 Å². The first kappa shape index (κ1) is 16.2. The first-order valence-corrected chi connectivity index (χ1v) is 9.71. The van der Waals surface area contributed by atoms with Gasteiger partial charge in [0, 0.05) is 31.1 Å². The lowest BCUT2D eigenvalue weighted by atomic mass is 10.1. The second-order valence-corrected chi connectivity index (χ2v) is 7.52. The summed E-state index contributed by atoms with van der Waals surface area (Å²) in [5, 5.41) is 12.8. The van der Waals surface area contributed by atoms with Crippen molar-refractivity contribution in [2.24, 2.45) is 0 Å². The lowest BCUT2D eigenvalue weighted by Crippen LogP contribution is -2.30. The molecule has 4 nitrogen and oxygen atoms in total. The predicted molar refractivity (Wildman–Crippen MR) is 95.0 cm³/mol. The van der Waals surface area contributed by atoms with Crippen molar-refractivity contribution in [3.8, 4) is 0 Å². The van der Waals surface area contributed by atoms with Crippen molar-refractivity contribution in [2.75, 3.05) is 19.8 Å². The van der Waals surface area contributed by atoms with E-state index in [1.807, 2.05) is 0 Å². The average Bonchev–Trinajstić information content (AvgIpc) is 3.34. The number of aliphatic hydroxyl groups is 1. The fraction of sp³-hybridized carbons (Fsp3) is 0.526. The van der Waals surface area contributed by atoms with Crippen molar-refractivity contribution in [3.63, 3.8) is 0 Å². The molecule has 2 aromatic rings. The fourth-order valence-electron chi connectivity index (χ4n) is 3.91. The minimum atomic E-state index is 0.182. The van der Waals surface area contributed by atoms with Gasteiger partial charge in [0.2, 0.25) is 0 Å². The van der Waals surface area contributed by atoms with Crippen LogP contribution < -0.4 is 0 Å². The molecule has 1 aromatic carbocycles. The molecule has 1 N–H and O–H groups in total. The molecule has 1 saturated heterocycles. The van der Waals surface area contributed by atoms with Gasteiger partial charge in [0.15, 0.2) is 0 Å². The molecule has 0 spiro atoms. The Morgan fingerprint density at radius 3 is 3.04 bits per heavy atom. The van der Waals surface area contributed by atoms with Crippen LogP contribution in [0, 0.1) is 0 Å². The summed E-state index contributed by atoms with van der Waals surface area (Å²) in [7, 11) is 0. The summed E-state index contributed by atoms with van der Waals surface area (Å²) >= 11 is 1.71. The molecule has 1 aromatic heterocycles. The van der Waals surface area contributed by atoms with Crippen molar-refractivity contribution in [1.82, 2.24) is 9.88 Å². The summed E-state index contributed by atoms with van der Waals surface area (Å²) in [5.41, 5.74) is 3.97. The number of nitrogens with zero attached hydrogens (tertiary/aromatic N) is 2. The van der Waals surface area contributed by atoms with Crippen LogP contribution in [0.2, 0.25) is 0 Å². The van der Waals surface area contributed by atoms with Crippen LogP contribution in [0.3, 0.4) is 0 Å². The number of aliphatic hydroxyl groups excluding tert-OH is 1. The van der Waals surface area contributed by atoms with Gasteiger partial charge in [0.25, 0.3) is 0 Å². The highest BCUT2D eigenvalue weighted by Crippen LogP contribution is 2.37. The van der Waals surface area contributed by atoms with Gasteiger partial charge in [-0.05, 0) is 36.8 Å². The Morgan fingerprint density at radius 2 is 2.21 bits per heavy atom. The molecular weight excluding hydrogens is 320 g/mol. The third-order valence-corrected chi connectivity index (χ3v) is 6.05. The zero-order chi connectivity index (χ0) is 16.4. The van der Waals surface area contributed by atoms with E-state index in [-0.39, 0.29) is 12.7 Å². The van der Waals surface area contributed by atoms with E-state index in [1.54, 1.807) is 11.3 Å². The zero-order valence-corrected chi connectivity index (χ0v) is 14.7. The lowest BCUT2D eigenvalue weighted by Gasteiger charge is -2.28. The van der Waals surface area contributed by atoms with Crippen LogP contribution in [0.1, 0.15) is 53.2 Å². The highest BCUT2D eigenvalue weighted by Gasteiger charge is 2.28. The molecule has 0 bridgehead atoms. The predicted octanol–water partition coefficient (Wildman–Crippen LogP) is 3.48. The molecule has 24 heavy (non-hydrogen) atoms. The minimum Gasteiger partial charge on any atom is -0.395 e. The molecule has 1 aliphatic carbocycles. The third kappa shape index (κ3) is 3.26. The number of ether oxygens (including phenoxy) is 1. The van der Waals surface area contributed by atoms with Gasteiger partial charge in [-0.1, -0.05) is 24.3 Å². The van der Waals surface area contributed by atoms with Crippen molar-refractivity contribution in [3.05, 3.63) is 51.5 Å². The Balaban J connectivity index is 1.50. The Morgan fingerprint density at radius 1 is 1.29 bits per heavy atom. The number of benzene rings is 1. The molecule has 4 rings (SSSR count). The maximum Gasteiger partial charge on any atom is 0.122 e. The van der Waals surface area contributed by atoms with Crippen LogP contribution in [-0.2, 0) is 17.7 Å². The molecule has 1 fully saturated rings. The molecule has 2 aliphatic rings. The normalized spacial score (nSPS) is 23.1.